The number of carbonyl (C=O) groups is 1. The Labute approximate surface area is 81.8 Å². The maximum absolute atomic E-state index is 10.2. The summed E-state index contributed by atoms with van der Waals surface area (Å²) in [5.74, 6) is 4.75. The van der Waals surface area contributed by atoms with E-state index in [1.54, 1.807) is 6.07 Å². The van der Waals surface area contributed by atoms with Crippen molar-refractivity contribution in [1.29, 1.82) is 0 Å². The highest BCUT2D eigenvalue weighted by Gasteiger charge is 1.95. The molecule has 72 valence electrons. The molecule has 1 rings (SSSR count). The van der Waals surface area contributed by atoms with Crippen LogP contribution in [0.25, 0.3) is 0 Å². The van der Waals surface area contributed by atoms with Crippen molar-refractivity contribution >= 4 is 11.8 Å². The van der Waals surface area contributed by atoms with E-state index in [0.29, 0.717) is 11.4 Å². The zero-order valence-corrected chi connectivity index (χ0v) is 7.74. The Morgan fingerprint density at radius 2 is 2.43 bits per heavy atom. The van der Waals surface area contributed by atoms with Gasteiger partial charge in [-0.15, -0.1) is 0 Å². The average molecular weight is 190 g/mol. The maximum Gasteiger partial charge on any atom is 0.315 e. The first-order chi connectivity index (χ1) is 6.59. The number of nitrogens with two attached hydrogens (primary N) is 1. The highest BCUT2D eigenvalue weighted by atomic mass is 16.4. The summed E-state index contributed by atoms with van der Waals surface area (Å²) in [6.07, 6.45) is 1.36. The summed E-state index contributed by atoms with van der Waals surface area (Å²) in [5.41, 5.74) is 7.03. The van der Waals surface area contributed by atoms with Gasteiger partial charge in [-0.3, -0.25) is 4.79 Å². The molecule has 0 fully saturated rings. The second kappa shape index (κ2) is 4.28. The van der Waals surface area contributed by atoms with E-state index in [2.05, 4.69) is 16.8 Å². The molecule has 0 aromatic carbocycles. The van der Waals surface area contributed by atoms with E-state index >= 15 is 0 Å². The fourth-order valence-electron chi connectivity index (χ4n) is 0.876. The van der Waals surface area contributed by atoms with Gasteiger partial charge in [-0.2, -0.15) is 0 Å². The van der Waals surface area contributed by atoms with Crippen LogP contribution in [0.1, 0.15) is 17.5 Å². The lowest BCUT2D eigenvalue weighted by molar-refractivity contribution is -0.135. The van der Waals surface area contributed by atoms with Gasteiger partial charge in [0.2, 0.25) is 0 Å². The molecule has 0 radical (unpaired) electrons. The minimum atomic E-state index is -0.933. The largest absolute Gasteiger partial charge is 0.481 e. The summed E-state index contributed by atoms with van der Waals surface area (Å²) in [7, 11) is 0. The number of carboxylic acids is 1. The molecule has 1 aromatic rings. The summed E-state index contributed by atoms with van der Waals surface area (Å²) < 4.78 is 0. The van der Waals surface area contributed by atoms with Crippen molar-refractivity contribution in [3.05, 3.63) is 23.4 Å². The number of pyridine rings is 1. The van der Waals surface area contributed by atoms with E-state index in [1.807, 2.05) is 6.92 Å². The number of aryl methyl sites for hydroxylation is 1. The first-order valence-corrected chi connectivity index (χ1v) is 4.02. The van der Waals surface area contributed by atoms with Gasteiger partial charge in [0, 0.05) is 11.8 Å². The van der Waals surface area contributed by atoms with Crippen LogP contribution in [0.2, 0.25) is 0 Å². The molecular weight excluding hydrogens is 180 g/mol. The second-order valence-corrected chi connectivity index (χ2v) is 2.80. The lowest BCUT2D eigenvalue weighted by atomic mass is 10.2. The molecule has 4 heteroatoms. The van der Waals surface area contributed by atoms with E-state index < -0.39 is 5.97 Å². The molecule has 0 saturated heterocycles. The van der Waals surface area contributed by atoms with Crippen LogP contribution < -0.4 is 5.73 Å². The van der Waals surface area contributed by atoms with E-state index in [9.17, 15) is 4.79 Å². The molecule has 3 N–H and O–H groups in total. The quantitative estimate of drug-likeness (QED) is 0.642. The van der Waals surface area contributed by atoms with Gasteiger partial charge in [-0.1, -0.05) is 11.8 Å². The Kier molecular flexibility index (Phi) is 3.08. The molecule has 0 bridgehead atoms. The van der Waals surface area contributed by atoms with Crippen LogP contribution in [-0.2, 0) is 4.79 Å². The maximum atomic E-state index is 10.2. The van der Waals surface area contributed by atoms with Crippen LogP contribution in [0, 0.1) is 18.8 Å². The van der Waals surface area contributed by atoms with E-state index in [0.717, 1.165) is 5.56 Å². The van der Waals surface area contributed by atoms with Crippen molar-refractivity contribution in [1.82, 2.24) is 4.98 Å². The number of nitrogen functional groups attached to an aromatic ring is 1. The van der Waals surface area contributed by atoms with Gasteiger partial charge in [0.15, 0.2) is 0 Å². The van der Waals surface area contributed by atoms with Crippen molar-refractivity contribution in [3.63, 3.8) is 0 Å². The summed E-state index contributed by atoms with van der Waals surface area (Å²) >= 11 is 0. The fraction of sp³-hybridized carbons (Fsp3) is 0.200. The van der Waals surface area contributed by atoms with Crippen molar-refractivity contribution < 1.29 is 9.90 Å². The first kappa shape index (κ1) is 10.1. The molecule has 0 amide bonds. The summed E-state index contributed by atoms with van der Waals surface area (Å²) in [6.45, 7) is 1.82. The third-order valence-corrected chi connectivity index (χ3v) is 1.59. The normalized spacial score (nSPS) is 8.93. The number of hydrogen-bond donors (Lipinski definition) is 2. The molecule has 0 atom stereocenters. The zero-order valence-electron chi connectivity index (χ0n) is 7.74. The molecule has 0 unspecified atom stereocenters. The third-order valence-electron chi connectivity index (χ3n) is 1.59. The standard InChI is InChI=1S/C10H10N2O2/c1-7-5-8(6-12-10(7)11)3-2-4-9(13)14/h5-6H,4H2,1H3,(H2,11,12)(H,13,14). The fourth-order valence-corrected chi connectivity index (χ4v) is 0.876. The Balaban J connectivity index is 2.81. The third kappa shape index (κ3) is 2.79. The van der Waals surface area contributed by atoms with Crippen LogP contribution in [-0.4, -0.2) is 16.1 Å². The molecular formula is C10H10N2O2. The Hall–Kier alpha value is -2.02. The molecule has 14 heavy (non-hydrogen) atoms. The van der Waals surface area contributed by atoms with E-state index in [-0.39, 0.29) is 6.42 Å². The van der Waals surface area contributed by atoms with Crippen LogP contribution in [0.3, 0.4) is 0 Å². The molecule has 4 nitrogen and oxygen atoms in total. The van der Waals surface area contributed by atoms with Gasteiger partial charge >= 0.3 is 5.97 Å². The monoisotopic (exact) mass is 190 g/mol. The van der Waals surface area contributed by atoms with E-state index in [1.165, 1.54) is 6.20 Å². The number of rotatable bonds is 1. The van der Waals surface area contributed by atoms with Crippen molar-refractivity contribution in [3.8, 4) is 11.8 Å². The SMILES string of the molecule is Cc1cc(C#CCC(=O)O)cnc1N. The van der Waals surface area contributed by atoms with Gasteiger partial charge in [-0.25, -0.2) is 4.98 Å². The van der Waals surface area contributed by atoms with Gasteiger partial charge < -0.3 is 10.8 Å². The first-order valence-electron chi connectivity index (χ1n) is 4.02. The minimum Gasteiger partial charge on any atom is -0.481 e. The van der Waals surface area contributed by atoms with Gasteiger partial charge in [0.05, 0.1) is 0 Å². The molecule has 0 aliphatic heterocycles. The Bertz CT molecular complexity index is 416. The Morgan fingerprint density at radius 1 is 1.71 bits per heavy atom. The molecule has 0 saturated carbocycles. The number of aromatic nitrogens is 1. The number of nitrogens with zero attached hydrogens (tertiary/aromatic N) is 1. The Morgan fingerprint density at radius 3 is 3.00 bits per heavy atom. The van der Waals surface area contributed by atoms with Gasteiger partial charge in [0.25, 0.3) is 0 Å². The number of hydrogen-bond acceptors (Lipinski definition) is 3. The predicted molar refractivity (Wildman–Crippen MR) is 52.5 cm³/mol. The molecule has 0 aliphatic rings. The van der Waals surface area contributed by atoms with Crippen molar-refractivity contribution in [2.75, 3.05) is 5.73 Å². The van der Waals surface area contributed by atoms with Crippen LogP contribution in [0.4, 0.5) is 5.82 Å². The molecule has 1 heterocycles. The molecule has 0 aliphatic carbocycles. The topological polar surface area (TPSA) is 76.2 Å². The summed E-state index contributed by atoms with van der Waals surface area (Å²) in [4.78, 5) is 14.1. The van der Waals surface area contributed by atoms with Gasteiger partial charge in [-0.05, 0) is 18.6 Å². The average Bonchev–Trinajstić information content (AvgIpc) is 2.10. The lowest BCUT2D eigenvalue weighted by Crippen LogP contribution is -1.94. The number of aliphatic carboxylic acids is 1. The van der Waals surface area contributed by atoms with Crippen molar-refractivity contribution in [2.24, 2.45) is 0 Å². The van der Waals surface area contributed by atoms with Crippen LogP contribution in [0.15, 0.2) is 12.3 Å². The highest BCUT2D eigenvalue weighted by Crippen LogP contribution is 2.07. The minimum absolute atomic E-state index is 0.163. The molecule has 1 aromatic heterocycles. The van der Waals surface area contributed by atoms with E-state index in [4.69, 9.17) is 10.8 Å². The highest BCUT2D eigenvalue weighted by molar-refractivity contribution is 5.70. The molecule has 0 spiro atoms. The summed E-state index contributed by atoms with van der Waals surface area (Å²) in [5, 5.41) is 8.35. The second-order valence-electron chi connectivity index (χ2n) is 2.80. The van der Waals surface area contributed by atoms with Gasteiger partial charge in [0.1, 0.15) is 12.2 Å². The number of anilines is 1. The lowest BCUT2D eigenvalue weighted by Gasteiger charge is -1.97. The van der Waals surface area contributed by atoms with Crippen LogP contribution in [0.5, 0.6) is 0 Å². The van der Waals surface area contributed by atoms with Crippen molar-refractivity contribution in [2.45, 2.75) is 13.3 Å². The predicted octanol–water partition coefficient (Wildman–Crippen LogP) is 0.798. The number of carboxylic acid groups (broad SMARTS) is 1. The smallest absolute Gasteiger partial charge is 0.315 e. The summed E-state index contributed by atoms with van der Waals surface area (Å²) in [6, 6.07) is 1.77. The van der Waals surface area contributed by atoms with Crippen LogP contribution >= 0.6 is 0 Å². The zero-order chi connectivity index (χ0) is 10.6.